The lowest BCUT2D eigenvalue weighted by Gasteiger charge is -2.40. The Morgan fingerprint density at radius 1 is 0.933 bits per heavy atom. The molecule has 4 unspecified atom stereocenters. The van der Waals surface area contributed by atoms with E-state index in [1.54, 1.807) is 0 Å². The summed E-state index contributed by atoms with van der Waals surface area (Å²) in [6, 6.07) is 0. The second-order valence-corrected chi connectivity index (χ2v) is 7.13. The van der Waals surface area contributed by atoms with Crippen molar-refractivity contribution >= 4 is 0 Å². The first-order valence-electron chi connectivity index (χ1n) is 6.99. The van der Waals surface area contributed by atoms with E-state index in [2.05, 4.69) is 27.7 Å². The third-order valence-corrected chi connectivity index (χ3v) is 5.18. The maximum absolute atomic E-state index is 2.51. The highest BCUT2D eigenvalue weighted by Gasteiger charge is 2.40. The lowest BCUT2D eigenvalue weighted by Crippen LogP contribution is -2.31. The Balaban J connectivity index is 2.16. The fourth-order valence-electron chi connectivity index (χ4n) is 4.44. The van der Waals surface area contributed by atoms with Crippen LogP contribution < -0.4 is 0 Å². The molecule has 2 aliphatic carbocycles. The average Bonchev–Trinajstić information content (AvgIpc) is 2.24. The molecule has 2 fully saturated rings. The van der Waals surface area contributed by atoms with Gasteiger partial charge in [0.2, 0.25) is 0 Å². The van der Waals surface area contributed by atoms with E-state index in [0.29, 0.717) is 5.41 Å². The van der Waals surface area contributed by atoms with Crippen molar-refractivity contribution in [2.45, 2.75) is 66.2 Å². The van der Waals surface area contributed by atoms with Crippen LogP contribution in [0.3, 0.4) is 0 Å². The lowest BCUT2D eigenvalue weighted by molar-refractivity contribution is 0.0991. The van der Waals surface area contributed by atoms with Gasteiger partial charge in [0.15, 0.2) is 0 Å². The van der Waals surface area contributed by atoms with E-state index in [1.165, 1.54) is 38.5 Å². The van der Waals surface area contributed by atoms with Crippen LogP contribution in [0.25, 0.3) is 0 Å². The minimum atomic E-state index is 0.616. The predicted molar refractivity (Wildman–Crippen MR) is 66.8 cm³/mol. The molecule has 4 atom stereocenters. The molecule has 0 aromatic heterocycles. The Morgan fingerprint density at radius 2 is 1.60 bits per heavy atom. The highest BCUT2D eigenvalue weighted by atomic mass is 14.4. The number of rotatable bonds is 0. The van der Waals surface area contributed by atoms with Gasteiger partial charge in [-0.2, -0.15) is 0 Å². The van der Waals surface area contributed by atoms with Gasteiger partial charge < -0.3 is 0 Å². The minimum Gasteiger partial charge on any atom is -0.0622 e. The molecule has 0 aliphatic heterocycles. The van der Waals surface area contributed by atoms with E-state index in [4.69, 9.17) is 0 Å². The summed E-state index contributed by atoms with van der Waals surface area (Å²) in [6.07, 6.45) is 8.92. The smallest absolute Gasteiger partial charge is 0.0334 e. The van der Waals surface area contributed by atoms with Crippen LogP contribution in [0.5, 0.6) is 0 Å². The topological polar surface area (TPSA) is 0 Å². The summed E-state index contributed by atoms with van der Waals surface area (Å²) in [5.41, 5.74) is 0.616. The van der Waals surface area contributed by atoms with Gasteiger partial charge in [-0.3, -0.25) is 0 Å². The van der Waals surface area contributed by atoms with Crippen molar-refractivity contribution in [2.75, 3.05) is 0 Å². The molecule has 0 radical (unpaired) electrons. The first-order chi connectivity index (χ1) is 6.99. The molecule has 0 saturated heterocycles. The van der Waals surface area contributed by atoms with Crippen molar-refractivity contribution in [3.05, 3.63) is 0 Å². The van der Waals surface area contributed by atoms with Gasteiger partial charge in [0.25, 0.3) is 0 Å². The van der Waals surface area contributed by atoms with Crippen LogP contribution >= 0.6 is 0 Å². The Hall–Kier alpha value is 0. The van der Waals surface area contributed by atoms with Crippen molar-refractivity contribution < 1.29 is 0 Å². The number of hydrogen-bond donors (Lipinski definition) is 0. The number of fused-ring (bicyclic) bond motifs is 1. The van der Waals surface area contributed by atoms with Gasteiger partial charge in [0.1, 0.15) is 0 Å². The van der Waals surface area contributed by atoms with Crippen LogP contribution in [0.4, 0.5) is 0 Å². The van der Waals surface area contributed by atoms with Crippen molar-refractivity contribution in [3.63, 3.8) is 0 Å². The Morgan fingerprint density at radius 3 is 2.33 bits per heavy atom. The highest BCUT2D eigenvalue weighted by Crippen LogP contribution is 2.50. The largest absolute Gasteiger partial charge is 0.0622 e. The third kappa shape index (κ3) is 2.40. The van der Waals surface area contributed by atoms with Crippen molar-refractivity contribution in [1.82, 2.24) is 0 Å². The molecule has 0 amide bonds. The molecule has 2 aliphatic rings. The quantitative estimate of drug-likeness (QED) is 0.532. The molecule has 2 saturated carbocycles. The zero-order valence-electron chi connectivity index (χ0n) is 11.1. The van der Waals surface area contributed by atoms with E-state index in [0.717, 1.165) is 23.7 Å². The summed E-state index contributed by atoms with van der Waals surface area (Å²) in [4.78, 5) is 0. The predicted octanol–water partition coefficient (Wildman–Crippen LogP) is 4.89. The fraction of sp³-hybridized carbons (Fsp3) is 1.00. The van der Waals surface area contributed by atoms with Crippen molar-refractivity contribution in [2.24, 2.45) is 29.1 Å². The summed E-state index contributed by atoms with van der Waals surface area (Å²) in [5, 5.41) is 0. The van der Waals surface area contributed by atoms with E-state index in [1.807, 2.05) is 0 Å². The fourth-order valence-corrected chi connectivity index (χ4v) is 4.44. The van der Waals surface area contributed by atoms with E-state index < -0.39 is 0 Å². The molecule has 2 rings (SSSR count). The Labute approximate surface area is 95.8 Å². The molecule has 0 N–H and O–H groups in total. The lowest BCUT2D eigenvalue weighted by atomic mass is 9.65. The van der Waals surface area contributed by atoms with Crippen LogP contribution in [0.15, 0.2) is 0 Å². The van der Waals surface area contributed by atoms with Crippen LogP contribution in [-0.2, 0) is 0 Å². The summed E-state index contributed by atoms with van der Waals surface area (Å²) in [5.74, 6) is 4.06. The molecular weight excluding hydrogens is 180 g/mol. The summed E-state index contributed by atoms with van der Waals surface area (Å²) >= 11 is 0. The van der Waals surface area contributed by atoms with Crippen LogP contribution in [-0.4, -0.2) is 0 Å². The number of hydrogen-bond acceptors (Lipinski definition) is 0. The normalized spacial score (nSPS) is 45.6. The molecule has 0 heteroatoms. The van der Waals surface area contributed by atoms with Gasteiger partial charge in [-0.1, -0.05) is 47.0 Å². The standard InChI is InChI=1S/C15H28/c1-11-6-5-7-13-10-15(3,4)9-8-12(2)14(11)13/h11-14H,5-10H2,1-4H3. The second-order valence-electron chi connectivity index (χ2n) is 7.13. The Kier molecular flexibility index (Phi) is 3.14. The summed E-state index contributed by atoms with van der Waals surface area (Å²) in [7, 11) is 0. The highest BCUT2D eigenvalue weighted by molar-refractivity contribution is 4.90. The molecule has 0 nitrogen and oxygen atoms in total. The second kappa shape index (κ2) is 4.11. The SMILES string of the molecule is CC1CCCC2CC(C)(C)CCC(C)C12. The zero-order valence-corrected chi connectivity index (χ0v) is 11.1. The molecule has 0 heterocycles. The molecule has 0 spiro atoms. The summed E-state index contributed by atoms with van der Waals surface area (Å²) < 4.78 is 0. The maximum Gasteiger partial charge on any atom is -0.0334 e. The molecule has 15 heavy (non-hydrogen) atoms. The van der Waals surface area contributed by atoms with Crippen LogP contribution in [0.1, 0.15) is 66.2 Å². The molecule has 0 bridgehead atoms. The van der Waals surface area contributed by atoms with Gasteiger partial charge in [-0.15, -0.1) is 0 Å². The van der Waals surface area contributed by atoms with Crippen LogP contribution in [0, 0.1) is 29.1 Å². The van der Waals surface area contributed by atoms with E-state index >= 15 is 0 Å². The molecule has 0 aromatic rings. The molecule has 88 valence electrons. The van der Waals surface area contributed by atoms with Gasteiger partial charge in [-0.25, -0.2) is 0 Å². The van der Waals surface area contributed by atoms with Gasteiger partial charge in [0, 0.05) is 0 Å². The zero-order chi connectivity index (χ0) is 11.1. The van der Waals surface area contributed by atoms with Gasteiger partial charge in [-0.05, 0) is 48.3 Å². The van der Waals surface area contributed by atoms with Crippen molar-refractivity contribution in [3.8, 4) is 0 Å². The molecule has 0 aromatic carbocycles. The van der Waals surface area contributed by atoms with E-state index in [-0.39, 0.29) is 0 Å². The monoisotopic (exact) mass is 208 g/mol. The molecular formula is C15H28. The van der Waals surface area contributed by atoms with Crippen molar-refractivity contribution in [1.29, 1.82) is 0 Å². The maximum atomic E-state index is 2.51. The Bertz CT molecular complexity index is 216. The first kappa shape index (κ1) is 11.5. The average molecular weight is 208 g/mol. The first-order valence-corrected chi connectivity index (χ1v) is 6.99. The third-order valence-electron chi connectivity index (χ3n) is 5.18. The van der Waals surface area contributed by atoms with Gasteiger partial charge >= 0.3 is 0 Å². The van der Waals surface area contributed by atoms with Gasteiger partial charge in [0.05, 0.1) is 0 Å². The minimum absolute atomic E-state index is 0.616. The van der Waals surface area contributed by atoms with E-state index in [9.17, 15) is 0 Å². The van der Waals surface area contributed by atoms with Crippen LogP contribution in [0.2, 0.25) is 0 Å². The summed E-state index contributed by atoms with van der Waals surface area (Å²) in [6.45, 7) is 10.00.